The molecule has 186 valence electrons. The molecule has 1 fully saturated rings. The van der Waals surface area contributed by atoms with Gasteiger partial charge in [-0.15, -0.1) is 0 Å². The van der Waals surface area contributed by atoms with E-state index in [2.05, 4.69) is 4.90 Å². The van der Waals surface area contributed by atoms with Gasteiger partial charge in [0.25, 0.3) is 5.91 Å². The number of ether oxygens (including phenoxy) is 1. The molecule has 1 amide bonds. The van der Waals surface area contributed by atoms with Crippen molar-refractivity contribution in [2.75, 3.05) is 39.1 Å². The first-order valence-electron chi connectivity index (χ1n) is 11.9. The molecular weight excluding hydrogens is 458 g/mol. The molecule has 34 heavy (non-hydrogen) atoms. The van der Waals surface area contributed by atoms with E-state index in [9.17, 15) is 18.0 Å². The zero-order valence-electron chi connectivity index (χ0n) is 19.8. The van der Waals surface area contributed by atoms with Crippen LogP contribution >= 0.6 is 0 Å². The lowest BCUT2D eigenvalue weighted by Crippen LogP contribution is -2.42. The lowest BCUT2D eigenvalue weighted by Gasteiger charge is -2.37. The Balaban J connectivity index is 1.71. The minimum absolute atomic E-state index is 0.000104. The Morgan fingerprint density at radius 2 is 1.97 bits per heavy atom. The van der Waals surface area contributed by atoms with E-state index in [0.717, 1.165) is 49.2 Å². The van der Waals surface area contributed by atoms with Crippen LogP contribution in [0.15, 0.2) is 18.2 Å². The number of carboxylic acids is 1. The van der Waals surface area contributed by atoms with Crippen LogP contribution in [-0.2, 0) is 32.5 Å². The maximum atomic E-state index is 13.0. The predicted octanol–water partition coefficient (Wildman–Crippen LogP) is 2.31. The number of hydrogen-bond acceptors (Lipinski definition) is 6. The Labute approximate surface area is 200 Å². The van der Waals surface area contributed by atoms with Gasteiger partial charge >= 0.3 is 5.97 Å². The second-order valence-corrected chi connectivity index (χ2v) is 11.2. The van der Waals surface area contributed by atoms with Crippen molar-refractivity contribution in [3.05, 3.63) is 35.0 Å². The standard InChI is InChI=1S/C24H33N3O6S/c1-3-34(31,32)27-21-7-6-17(24(30)25(2)11-4-5-23(28)29)15-19(21)20-16-26(12-8-22(20)27)18-9-13-33-14-10-18/h6-7,15,18H,3-5,8-14,16H2,1-2H3,(H,28,29). The van der Waals surface area contributed by atoms with Gasteiger partial charge in [0.05, 0.1) is 11.3 Å². The number of hydrogen-bond donors (Lipinski definition) is 1. The quantitative estimate of drug-likeness (QED) is 0.604. The van der Waals surface area contributed by atoms with Crippen LogP contribution in [0.3, 0.4) is 0 Å². The number of amides is 1. The van der Waals surface area contributed by atoms with E-state index >= 15 is 0 Å². The van der Waals surface area contributed by atoms with Crippen LogP contribution in [0.1, 0.15) is 54.2 Å². The van der Waals surface area contributed by atoms with E-state index in [4.69, 9.17) is 9.84 Å². The fourth-order valence-electron chi connectivity index (χ4n) is 5.07. The van der Waals surface area contributed by atoms with Crippen molar-refractivity contribution in [3.8, 4) is 0 Å². The first kappa shape index (κ1) is 24.7. The van der Waals surface area contributed by atoms with E-state index in [-0.39, 0.29) is 18.1 Å². The van der Waals surface area contributed by atoms with E-state index in [1.165, 1.54) is 8.87 Å². The summed E-state index contributed by atoms with van der Waals surface area (Å²) in [6.45, 7) is 4.92. The summed E-state index contributed by atoms with van der Waals surface area (Å²) in [6.07, 6.45) is 2.95. The molecule has 2 aromatic rings. The molecule has 3 heterocycles. The monoisotopic (exact) mass is 491 g/mol. The highest BCUT2D eigenvalue weighted by Gasteiger charge is 2.32. The molecule has 0 saturated carbocycles. The molecular formula is C24H33N3O6S. The molecule has 10 heteroatoms. The fourth-order valence-corrected chi connectivity index (χ4v) is 6.32. The highest BCUT2D eigenvalue weighted by Crippen LogP contribution is 2.35. The average molecular weight is 492 g/mol. The number of carbonyl (C=O) groups excluding carboxylic acids is 1. The molecule has 1 saturated heterocycles. The highest BCUT2D eigenvalue weighted by molar-refractivity contribution is 7.90. The van der Waals surface area contributed by atoms with Crippen LogP contribution in [0.2, 0.25) is 0 Å². The summed E-state index contributed by atoms with van der Waals surface area (Å²) in [7, 11) is -1.85. The molecule has 2 aliphatic heterocycles. The van der Waals surface area contributed by atoms with Crippen LogP contribution in [0.5, 0.6) is 0 Å². The van der Waals surface area contributed by atoms with Crippen LogP contribution in [0.25, 0.3) is 10.9 Å². The first-order chi connectivity index (χ1) is 16.2. The van der Waals surface area contributed by atoms with Gasteiger partial charge in [-0.05, 0) is 49.9 Å². The Hall–Kier alpha value is -2.43. The normalized spacial score (nSPS) is 17.6. The van der Waals surface area contributed by atoms with Gasteiger partial charge in [0.2, 0.25) is 10.0 Å². The van der Waals surface area contributed by atoms with Crippen LogP contribution < -0.4 is 0 Å². The minimum Gasteiger partial charge on any atom is -0.481 e. The lowest BCUT2D eigenvalue weighted by molar-refractivity contribution is -0.137. The number of aliphatic carboxylic acids is 1. The van der Waals surface area contributed by atoms with Crippen molar-refractivity contribution in [2.24, 2.45) is 0 Å². The van der Waals surface area contributed by atoms with E-state index in [0.29, 0.717) is 43.1 Å². The smallest absolute Gasteiger partial charge is 0.303 e. The summed E-state index contributed by atoms with van der Waals surface area (Å²) >= 11 is 0. The number of rotatable bonds is 8. The zero-order chi connectivity index (χ0) is 24.5. The summed E-state index contributed by atoms with van der Waals surface area (Å²) in [6, 6.07) is 5.62. The third-order valence-electron chi connectivity index (χ3n) is 6.96. The minimum atomic E-state index is -3.51. The molecule has 0 unspecified atom stereocenters. The van der Waals surface area contributed by atoms with Gasteiger partial charge in [-0.1, -0.05) is 0 Å². The van der Waals surface area contributed by atoms with E-state index in [1.54, 1.807) is 32.2 Å². The second-order valence-electron chi connectivity index (χ2n) is 9.11. The van der Waals surface area contributed by atoms with Gasteiger partial charge in [-0.3, -0.25) is 14.5 Å². The number of nitrogens with zero attached hydrogens (tertiary/aromatic N) is 3. The van der Waals surface area contributed by atoms with Crippen LogP contribution in [-0.4, -0.2) is 84.3 Å². The molecule has 0 atom stereocenters. The largest absolute Gasteiger partial charge is 0.481 e. The summed E-state index contributed by atoms with van der Waals surface area (Å²) in [5.74, 6) is -1.09. The number of benzene rings is 1. The molecule has 1 N–H and O–H groups in total. The van der Waals surface area contributed by atoms with Gasteiger partial charge < -0.3 is 14.7 Å². The molecule has 4 rings (SSSR count). The van der Waals surface area contributed by atoms with Gasteiger partial charge in [0.15, 0.2) is 0 Å². The SMILES string of the molecule is CCS(=O)(=O)n1c2c(c3cc(C(=O)N(C)CCCC(=O)O)ccc31)CN(C1CCOCC1)CC2. The second kappa shape index (κ2) is 10.1. The van der Waals surface area contributed by atoms with Gasteiger partial charge in [0, 0.05) is 75.4 Å². The maximum absolute atomic E-state index is 13.0. The highest BCUT2D eigenvalue weighted by atomic mass is 32.2. The molecule has 0 aliphatic carbocycles. The predicted molar refractivity (Wildman–Crippen MR) is 129 cm³/mol. The lowest BCUT2D eigenvalue weighted by atomic mass is 9.99. The van der Waals surface area contributed by atoms with E-state index < -0.39 is 16.0 Å². The maximum Gasteiger partial charge on any atom is 0.303 e. The molecule has 0 radical (unpaired) electrons. The van der Waals surface area contributed by atoms with Crippen molar-refractivity contribution in [2.45, 2.75) is 51.6 Å². The molecule has 1 aromatic carbocycles. The molecule has 1 aromatic heterocycles. The summed E-state index contributed by atoms with van der Waals surface area (Å²) < 4.78 is 33.1. The number of fused-ring (bicyclic) bond motifs is 3. The van der Waals surface area contributed by atoms with Crippen molar-refractivity contribution < 1.29 is 27.9 Å². The summed E-state index contributed by atoms with van der Waals surface area (Å²) in [4.78, 5) is 27.8. The first-order valence-corrected chi connectivity index (χ1v) is 13.5. The number of aromatic nitrogens is 1. The van der Waals surface area contributed by atoms with Gasteiger partial charge in [0.1, 0.15) is 0 Å². The van der Waals surface area contributed by atoms with Crippen molar-refractivity contribution in [1.29, 1.82) is 0 Å². The van der Waals surface area contributed by atoms with Crippen LogP contribution in [0, 0.1) is 0 Å². The number of carbonyl (C=O) groups is 2. The Morgan fingerprint density at radius 1 is 1.24 bits per heavy atom. The molecule has 0 bridgehead atoms. The van der Waals surface area contributed by atoms with E-state index in [1.807, 2.05) is 0 Å². The Kier molecular flexibility index (Phi) is 7.30. The fraction of sp³-hybridized carbons (Fsp3) is 0.583. The average Bonchev–Trinajstić information content (AvgIpc) is 3.17. The molecule has 2 aliphatic rings. The van der Waals surface area contributed by atoms with Gasteiger partial charge in [-0.2, -0.15) is 0 Å². The summed E-state index contributed by atoms with van der Waals surface area (Å²) in [5, 5.41) is 9.65. The number of carboxylic acid groups (broad SMARTS) is 1. The molecule has 0 spiro atoms. The van der Waals surface area contributed by atoms with Crippen LogP contribution in [0.4, 0.5) is 0 Å². The third-order valence-corrected chi connectivity index (χ3v) is 8.66. The van der Waals surface area contributed by atoms with Gasteiger partial charge in [-0.25, -0.2) is 12.4 Å². The zero-order valence-corrected chi connectivity index (χ0v) is 20.6. The van der Waals surface area contributed by atoms with Crippen molar-refractivity contribution in [3.63, 3.8) is 0 Å². The molecule has 9 nitrogen and oxygen atoms in total. The summed E-state index contributed by atoms with van der Waals surface area (Å²) in [5.41, 5.74) is 2.89. The van der Waals surface area contributed by atoms with Crippen molar-refractivity contribution in [1.82, 2.24) is 13.8 Å². The third kappa shape index (κ3) is 4.85. The Morgan fingerprint density at radius 3 is 2.65 bits per heavy atom. The Bertz CT molecular complexity index is 1180. The van der Waals surface area contributed by atoms with Crippen molar-refractivity contribution >= 4 is 32.8 Å². The topological polar surface area (TPSA) is 109 Å².